The second-order valence-corrected chi connectivity index (χ2v) is 2.71. The standard InChI is InChI=1S/C5H7FN2S/c6-5-2-1-4(9-5)3-8-7/h1-2,8H,3,7H2. The Hall–Kier alpha value is -0.450. The molecule has 0 bridgehead atoms. The highest BCUT2D eigenvalue weighted by Gasteiger charge is 1.95. The van der Waals surface area contributed by atoms with E-state index in [1.165, 1.54) is 6.07 Å². The SMILES string of the molecule is NNCc1ccc(F)s1. The predicted octanol–water partition coefficient (Wildman–Crippen LogP) is 0.850. The molecular weight excluding hydrogens is 139 g/mol. The van der Waals surface area contributed by atoms with Crippen LogP contribution in [0.15, 0.2) is 12.1 Å². The predicted molar refractivity (Wildman–Crippen MR) is 35.3 cm³/mol. The number of hydrogen-bond acceptors (Lipinski definition) is 3. The molecule has 1 rings (SSSR count). The quantitative estimate of drug-likeness (QED) is 0.479. The summed E-state index contributed by atoms with van der Waals surface area (Å²) in [7, 11) is 0. The summed E-state index contributed by atoms with van der Waals surface area (Å²) in [5.74, 6) is 5.00. The van der Waals surface area contributed by atoms with Crippen LogP contribution < -0.4 is 11.3 Å². The highest BCUT2D eigenvalue weighted by Crippen LogP contribution is 2.12. The average Bonchev–Trinajstić information content (AvgIpc) is 2.17. The van der Waals surface area contributed by atoms with Crippen molar-refractivity contribution < 1.29 is 4.39 Å². The summed E-state index contributed by atoms with van der Waals surface area (Å²) in [5, 5.41) is -0.166. The number of nitrogens with two attached hydrogens (primary N) is 1. The summed E-state index contributed by atoms with van der Waals surface area (Å²) in [5.41, 5.74) is 2.44. The second-order valence-electron chi connectivity index (χ2n) is 1.59. The van der Waals surface area contributed by atoms with Crippen LogP contribution in [-0.4, -0.2) is 0 Å². The zero-order chi connectivity index (χ0) is 6.69. The molecule has 50 valence electrons. The zero-order valence-corrected chi connectivity index (χ0v) is 5.54. The van der Waals surface area contributed by atoms with Gasteiger partial charge in [-0.1, -0.05) is 0 Å². The van der Waals surface area contributed by atoms with Gasteiger partial charge in [-0.3, -0.25) is 11.3 Å². The van der Waals surface area contributed by atoms with Crippen LogP contribution in [0, 0.1) is 5.13 Å². The van der Waals surface area contributed by atoms with Crippen LogP contribution in [0.2, 0.25) is 0 Å². The molecule has 2 nitrogen and oxygen atoms in total. The van der Waals surface area contributed by atoms with Crippen molar-refractivity contribution in [2.45, 2.75) is 6.54 Å². The highest BCUT2D eigenvalue weighted by molar-refractivity contribution is 7.10. The Labute approximate surface area is 56.5 Å². The smallest absolute Gasteiger partial charge is 0.176 e. The maximum Gasteiger partial charge on any atom is 0.176 e. The molecule has 0 aliphatic carbocycles. The van der Waals surface area contributed by atoms with Crippen molar-refractivity contribution in [1.29, 1.82) is 0 Å². The lowest BCUT2D eigenvalue weighted by Crippen LogP contribution is -2.19. The van der Waals surface area contributed by atoms with Crippen molar-refractivity contribution in [2.75, 3.05) is 0 Å². The number of hydrogen-bond donors (Lipinski definition) is 2. The molecule has 0 saturated carbocycles. The Bertz CT molecular complexity index is 187. The minimum absolute atomic E-state index is 0.166. The maximum atomic E-state index is 12.2. The van der Waals surface area contributed by atoms with Crippen LogP contribution in [0.1, 0.15) is 4.88 Å². The summed E-state index contributed by atoms with van der Waals surface area (Å²) in [6, 6.07) is 3.14. The van der Waals surface area contributed by atoms with E-state index in [0.29, 0.717) is 6.54 Å². The molecule has 0 aliphatic rings. The fraction of sp³-hybridized carbons (Fsp3) is 0.200. The number of halogens is 1. The Kier molecular flexibility index (Phi) is 2.16. The lowest BCUT2D eigenvalue weighted by Gasteiger charge is -1.89. The minimum Gasteiger partial charge on any atom is -0.271 e. The van der Waals surface area contributed by atoms with Gasteiger partial charge in [0, 0.05) is 11.4 Å². The molecule has 9 heavy (non-hydrogen) atoms. The molecule has 0 amide bonds. The zero-order valence-electron chi connectivity index (χ0n) is 4.73. The van der Waals surface area contributed by atoms with Gasteiger partial charge in [0.1, 0.15) is 0 Å². The average molecular weight is 146 g/mol. The first-order chi connectivity index (χ1) is 4.33. The molecule has 1 aromatic heterocycles. The van der Waals surface area contributed by atoms with E-state index in [0.717, 1.165) is 16.2 Å². The van der Waals surface area contributed by atoms with E-state index in [9.17, 15) is 4.39 Å². The molecule has 4 heteroatoms. The fourth-order valence-corrected chi connectivity index (χ4v) is 1.23. The first-order valence-electron chi connectivity index (χ1n) is 2.50. The Morgan fingerprint density at radius 3 is 2.89 bits per heavy atom. The van der Waals surface area contributed by atoms with Gasteiger partial charge in [0.2, 0.25) is 0 Å². The van der Waals surface area contributed by atoms with Crippen molar-refractivity contribution in [3.8, 4) is 0 Å². The molecule has 0 aromatic carbocycles. The molecule has 0 fully saturated rings. The Morgan fingerprint density at radius 2 is 2.44 bits per heavy atom. The maximum absolute atomic E-state index is 12.2. The van der Waals surface area contributed by atoms with Gasteiger partial charge >= 0.3 is 0 Å². The summed E-state index contributed by atoms with van der Waals surface area (Å²) < 4.78 is 12.2. The van der Waals surface area contributed by atoms with E-state index in [4.69, 9.17) is 5.84 Å². The third-order valence-electron chi connectivity index (χ3n) is 0.905. The molecule has 0 aliphatic heterocycles. The van der Waals surface area contributed by atoms with E-state index in [-0.39, 0.29) is 5.13 Å². The van der Waals surface area contributed by atoms with E-state index < -0.39 is 0 Å². The van der Waals surface area contributed by atoms with E-state index in [1.54, 1.807) is 6.07 Å². The number of rotatable bonds is 2. The second kappa shape index (κ2) is 2.91. The van der Waals surface area contributed by atoms with Crippen molar-refractivity contribution in [3.63, 3.8) is 0 Å². The van der Waals surface area contributed by atoms with Crippen LogP contribution >= 0.6 is 11.3 Å². The third-order valence-corrected chi connectivity index (χ3v) is 1.78. The van der Waals surface area contributed by atoms with Crippen LogP contribution in [0.25, 0.3) is 0 Å². The topological polar surface area (TPSA) is 38.0 Å². The Balaban J connectivity index is 2.61. The lowest BCUT2D eigenvalue weighted by molar-refractivity contribution is 0.657. The fourth-order valence-electron chi connectivity index (χ4n) is 0.547. The van der Waals surface area contributed by atoms with Gasteiger partial charge in [-0.15, -0.1) is 11.3 Å². The summed E-state index contributed by atoms with van der Waals surface area (Å²) in [6.07, 6.45) is 0. The van der Waals surface area contributed by atoms with Gasteiger partial charge < -0.3 is 0 Å². The van der Waals surface area contributed by atoms with Gasteiger partial charge in [-0.2, -0.15) is 4.39 Å². The van der Waals surface area contributed by atoms with E-state index >= 15 is 0 Å². The van der Waals surface area contributed by atoms with Gasteiger partial charge in [0.25, 0.3) is 0 Å². The van der Waals surface area contributed by atoms with Gasteiger partial charge in [-0.05, 0) is 12.1 Å². The van der Waals surface area contributed by atoms with Gasteiger partial charge in [0.15, 0.2) is 5.13 Å². The van der Waals surface area contributed by atoms with Crippen molar-refractivity contribution >= 4 is 11.3 Å². The van der Waals surface area contributed by atoms with E-state index in [1.807, 2.05) is 0 Å². The molecule has 0 radical (unpaired) electrons. The monoisotopic (exact) mass is 146 g/mol. The summed E-state index contributed by atoms with van der Waals surface area (Å²) in [6.45, 7) is 0.536. The van der Waals surface area contributed by atoms with Gasteiger partial charge in [0.05, 0.1) is 0 Å². The molecule has 0 spiro atoms. The van der Waals surface area contributed by atoms with Crippen molar-refractivity contribution in [1.82, 2.24) is 5.43 Å². The van der Waals surface area contributed by atoms with Gasteiger partial charge in [-0.25, -0.2) is 0 Å². The normalized spacial score (nSPS) is 10.0. The highest BCUT2D eigenvalue weighted by atomic mass is 32.1. The van der Waals surface area contributed by atoms with Crippen molar-refractivity contribution in [2.24, 2.45) is 5.84 Å². The molecule has 0 saturated heterocycles. The summed E-state index contributed by atoms with van der Waals surface area (Å²) >= 11 is 1.10. The van der Waals surface area contributed by atoms with Crippen LogP contribution in [0.3, 0.4) is 0 Å². The first kappa shape index (κ1) is 6.67. The Morgan fingerprint density at radius 1 is 1.67 bits per heavy atom. The largest absolute Gasteiger partial charge is 0.271 e. The molecule has 1 aromatic rings. The molecular formula is C5H7FN2S. The molecule has 0 unspecified atom stereocenters. The summed E-state index contributed by atoms with van der Waals surface area (Å²) in [4.78, 5) is 0.912. The molecule has 1 heterocycles. The first-order valence-corrected chi connectivity index (χ1v) is 3.32. The van der Waals surface area contributed by atoms with Crippen LogP contribution in [0.4, 0.5) is 4.39 Å². The third kappa shape index (κ3) is 1.74. The minimum atomic E-state index is -0.166. The lowest BCUT2D eigenvalue weighted by atomic mass is 10.5. The van der Waals surface area contributed by atoms with E-state index in [2.05, 4.69) is 5.43 Å². The molecule has 0 atom stereocenters. The number of nitrogens with one attached hydrogen (secondary N) is 1. The van der Waals surface area contributed by atoms with Crippen LogP contribution in [-0.2, 0) is 6.54 Å². The number of thiophene rings is 1. The number of hydrazine groups is 1. The van der Waals surface area contributed by atoms with Crippen molar-refractivity contribution in [3.05, 3.63) is 22.1 Å². The molecule has 3 N–H and O–H groups in total. The van der Waals surface area contributed by atoms with Crippen LogP contribution in [0.5, 0.6) is 0 Å².